The van der Waals surface area contributed by atoms with Gasteiger partial charge in [0.15, 0.2) is 5.96 Å². The maximum Gasteiger partial charge on any atom is 0.191 e. The number of ether oxygens (including phenoxy) is 2. The summed E-state index contributed by atoms with van der Waals surface area (Å²) >= 11 is 0. The van der Waals surface area contributed by atoms with Crippen LogP contribution in [0.15, 0.2) is 4.99 Å². The Morgan fingerprint density at radius 2 is 1.54 bits per heavy atom. The summed E-state index contributed by atoms with van der Waals surface area (Å²) in [6, 6.07) is 0. The van der Waals surface area contributed by atoms with Crippen LogP contribution in [0.1, 0.15) is 58.3 Å². The van der Waals surface area contributed by atoms with E-state index in [2.05, 4.69) is 22.5 Å². The van der Waals surface area contributed by atoms with E-state index in [1.165, 1.54) is 38.5 Å². The summed E-state index contributed by atoms with van der Waals surface area (Å²) in [5, 5.41) is 7.13. The first-order valence-corrected chi connectivity index (χ1v) is 9.69. The number of aliphatic imine (C=N–C) groups is 1. The zero-order chi connectivity index (χ0) is 17.3. The van der Waals surface area contributed by atoms with Crippen LogP contribution >= 0.6 is 0 Å². The van der Waals surface area contributed by atoms with E-state index in [1.54, 1.807) is 7.11 Å². The van der Waals surface area contributed by atoms with Gasteiger partial charge in [0.1, 0.15) is 0 Å². The van der Waals surface area contributed by atoms with Crippen molar-refractivity contribution < 1.29 is 9.47 Å². The Kier molecular flexibility index (Phi) is 7.82. The van der Waals surface area contributed by atoms with Crippen LogP contribution in [0.2, 0.25) is 0 Å². The average molecular weight is 340 g/mol. The first-order valence-electron chi connectivity index (χ1n) is 9.69. The Morgan fingerprint density at radius 3 is 2.04 bits per heavy atom. The molecular weight excluding hydrogens is 302 g/mol. The molecule has 0 radical (unpaired) electrons. The number of methoxy groups -OCH3 is 1. The monoisotopic (exact) mass is 339 g/mol. The van der Waals surface area contributed by atoms with Crippen LogP contribution < -0.4 is 10.6 Å². The van der Waals surface area contributed by atoms with Crippen molar-refractivity contribution >= 4 is 5.96 Å². The molecule has 24 heavy (non-hydrogen) atoms. The van der Waals surface area contributed by atoms with Gasteiger partial charge in [-0.25, -0.2) is 0 Å². The third kappa shape index (κ3) is 5.92. The predicted molar refractivity (Wildman–Crippen MR) is 99.5 cm³/mol. The molecule has 2 fully saturated rings. The van der Waals surface area contributed by atoms with E-state index in [4.69, 9.17) is 9.47 Å². The quantitative estimate of drug-likeness (QED) is 0.345. The molecule has 0 atom stereocenters. The second-order valence-electron chi connectivity index (χ2n) is 7.68. The SMILES string of the molecule is CCOCCC1(CNC(=NC)NCC2(CCOC)CC2)CCCC1. The molecule has 2 rings (SSSR count). The molecule has 2 aliphatic carbocycles. The van der Waals surface area contributed by atoms with Crippen LogP contribution in [-0.2, 0) is 9.47 Å². The van der Waals surface area contributed by atoms with Crippen LogP contribution in [0.5, 0.6) is 0 Å². The molecular formula is C19H37N3O2. The Hall–Kier alpha value is -0.810. The van der Waals surface area contributed by atoms with Gasteiger partial charge in [0.25, 0.3) is 0 Å². The Bertz CT molecular complexity index is 388. The lowest BCUT2D eigenvalue weighted by Crippen LogP contribution is -2.45. The van der Waals surface area contributed by atoms with E-state index < -0.39 is 0 Å². The highest BCUT2D eigenvalue weighted by atomic mass is 16.5. The minimum Gasteiger partial charge on any atom is -0.385 e. The van der Waals surface area contributed by atoms with Gasteiger partial charge in [0, 0.05) is 47.1 Å². The molecule has 2 saturated carbocycles. The lowest BCUT2D eigenvalue weighted by atomic mass is 9.83. The number of nitrogens with zero attached hydrogens (tertiary/aromatic N) is 1. The second kappa shape index (κ2) is 9.62. The molecule has 0 aromatic heterocycles. The van der Waals surface area contributed by atoms with Gasteiger partial charge in [-0.3, -0.25) is 4.99 Å². The normalized spacial score (nSPS) is 21.7. The summed E-state index contributed by atoms with van der Waals surface area (Å²) < 4.78 is 10.8. The van der Waals surface area contributed by atoms with Crippen molar-refractivity contribution in [3.63, 3.8) is 0 Å². The lowest BCUT2D eigenvalue weighted by Gasteiger charge is -2.30. The van der Waals surface area contributed by atoms with Gasteiger partial charge in [-0.15, -0.1) is 0 Å². The number of hydrogen-bond donors (Lipinski definition) is 2. The fraction of sp³-hybridized carbons (Fsp3) is 0.947. The van der Waals surface area contributed by atoms with Crippen molar-refractivity contribution in [2.24, 2.45) is 15.8 Å². The maximum absolute atomic E-state index is 5.61. The molecule has 0 aliphatic heterocycles. The minimum atomic E-state index is 0.389. The zero-order valence-corrected chi connectivity index (χ0v) is 16.0. The van der Waals surface area contributed by atoms with Crippen molar-refractivity contribution in [1.29, 1.82) is 0 Å². The van der Waals surface area contributed by atoms with Gasteiger partial charge in [-0.1, -0.05) is 12.8 Å². The molecule has 0 spiro atoms. The van der Waals surface area contributed by atoms with Crippen LogP contribution in [0.25, 0.3) is 0 Å². The molecule has 0 bridgehead atoms. The van der Waals surface area contributed by atoms with Crippen LogP contribution in [0, 0.1) is 10.8 Å². The highest BCUT2D eigenvalue weighted by Gasteiger charge is 2.42. The number of guanidine groups is 1. The standard InChI is InChI=1S/C19H37N3O2/c1-4-24-14-12-18(7-5-6-8-18)15-21-17(20-2)22-16-19(9-10-19)11-13-23-3/h4-16H2,1-3H3,(H2,20,21,22). The molecule has 0 aromatic carbocycles. The van der Waals surface area contributed by atoms with Crippen molar-refractivity contribution in [2.75, 3.05) is 47.1 Å². The molecule has 0 heterocycles. The summed E-state index contributed by atoms with van der Waals surface area (Å²) in [5.74, 6) is 0.946. The van der Waals surface area contributed by atoms with Gasteiger partial charge in [-0.2, -0.15) is 0 Å². The van der Waals surface area contributed by atoms with Crippen molar-refractivity contribution in [3.05, 3.63) is 0 Å². The molecule has 2 N–H and O–H groups in total. The number of rotatable bonds is 11. The first kappa shape index (κ1) is 19.5. The third-order valence-electron chi connectivity index (χ3n) is 5.92. The predicted octanol–water partition coefficient (Wildman–Crippen LogP) is 2.96. The van der Waals surface area contributed by atoms with Crippen molar-refractivity contribution in [1.82, 2.24) is 10.6 Å². The Morgan fingerprint density at radius 1 is 0.958 bits per heavy atom. The highest BCUT2D eigenvalue weighted by Crippen LogP contribution is 2.48. The van der Waals surface area contributed by atoms with E-state index in [0.717, 1.165) is 51.7 Å². The molecule has 2 aliphatic rings. The number of hydrogen-bond acceptors (Lipinski definition) is 3. The molecule has 140 valence electrons. The summed E-state index contributed by atoms with van der Waals surface area (Å²) in [6.45, 7) is 6.63. The topological polar surface area (TPSA) is 54.9 Å². The van der Waals surface area contributed by atoms with Gasteiger partial charge in [0.05, 0.1) is 0 Å². The summed E-state index contributed by atoms with van der Waals surface area (Å²) in [7, 11) is 3.65. The highest BCUT2D eigenvalue weighted by molar-refractivity contribution is 5.79. The second-order valence-corrected chi connectivity index (χ2v) is 7.68. The Balaban J connectivity index is 1.75. The molecule has 0 aromatic rings. The molecule has 0 unspecified atom stereocenters. The third-order valence-corrected chi connectivity index (χ3v) is 5.92. The van der Waals surface area contributed by atoms with E-state index in [-0.39, 0.29) is 0 Å². The fourth-order valence-electron chi connectivity index (χ4n) is 3.85. The molecule has 0 amide bonds. The molecule has 5 nitrogen and oxygen atoms in total. The van der Waals surface area contributed by atoms with E-state index in [9.17, 15) is 0 Å². The van der Waals surface area contributed by atoms with E-state index >= 15 is 0 Å². The van der Waals surface area contributed by atoms with E-state index in [1.807, 2.05) is 7.05 Å². The summed E-state index contributed by atoms with van der Waals surface area (Å²) in [6.07, 6.45) is 10.2. The van der Waals surface area contributed by atoms with Gasteiger partial charge >= 0.3 is 0 Å². The average Bonchev–Trinajstić information content (AvgIpc) is 3.22. The van der Waals surface area contributed by atoms with Crippen LogP contribution in [0.3, 0.4) is 0 Å². The van der Waals surface area contributed by atoms with Gasteiger partial charge < -0.3 is 20.1 Å². The lowest BCUT2D eigenvalue weighted by molar-refractivity contribution is 0.105. The van der Waals surface area contributed by atoms with Gasteiger partial charge in [-0.05, 0) is 56.3 Å². The smallest absolute Gasteiger partial charge is 0.191 e. The summed E-state index contributed by atoms with van der Waals surface area (Å²) in [5.41, 5.74) is 0.827. The summed E-state index contributed by atoms with van der Waals surface area (Å²) in [4.78, 5) is 4.42. The fourth-order valence-corrected chi connectivity index (χ4v) is 3.85. The first-order chi connectivity index (χ1) is 11.7. The van der Waals surface area contributed by atoms with Crippen molar-refractivity contribution in [3.8, 4) is 0 Å². The Labute approximate surface area is 148 Å². The van der Waals surface area contributed by atoms with E-state index in [0.29, 0.717) is 10.8 Å². The maximum atomic E-state index is 5.61. The largest absolute Gasteiger partial charge is 0.385 e. The molecule has 0 saturated heterocycles. The molecule has 5 heteroatoms. The van der Waals surface area contributed by atoms with Crippen LogP contribution in [-0.4, -0.2) is 53.0 Å². The van der Waals surface area contributed by atoms with Crippen LogP contribution in [0.4, 0.5) is 0 Å². The minimum absolute atomic E-state index is 0.389. The van der Waals surface area contributed by atoms with Gasteiger partial charge in [0.2, 0.25) is 0 Å². The zero-order valence-electron chi connectivity index (χ0n) is 16.0. The van der Waals surface area contributed by atoms with Crippen molar-refractivity contribution in [2.45, 2.75) is 58.3 Å². The number of nitrogens with one attached hydrogen (secondary N) is 2.